The normalized spacial score (nSPS) is 11.8. The Balaban J connectivity index is 2.63. The highest BCUT2D eigenvalue weighted by atomic mass is 32.2. The van der Waals surface area contributed by atoms with Crippen LogP contribution in [0.15, 0.2) is 12.4 Å². The van der Waals surface area contributed by atoms with Crippen molar-refractivity contribution in [2.75, 3.05) is 12.4 Å². The highest BCUT2D eigenvalue weighted by Crippen LogP contribution is 2.04. The van der Waals surface area contributed by atoms with E-state index in [0.29, 0.717) is 12.2 Å². The van der Waals surface area contributed by atoms with E-state index in [2.05, 4.69) is 5.10 Å². The number of aryl methyl sites for hydroxylation is 1. The quantitative estimate of drug-likeness (QED) is 0.720. The van der Waals surface area contributed by atoms with E-state index >= 15 is 0 Å². The summed E-state index contributed by atoms with van der Waals surface area (Å²) in [5, 5.41) is 3.53. The monoisotopic (exact) mass is 274 g/mol. The summed E-state index contributed by atoms with van der Waals surface area (Å²) in [6.45, 7) is 5.54. The van der Waals surface area contributed by atoms with Gasteiger partial charge in [-0.1, -0.05) is 0 Å². The van der Waals surface area contributed by atoms with Crippen molar-refractivity contribution in [1.82, 2.24) is 9.78 Å². The second kappa shape index (κ2) is 5.99. The minimum atomic E-state index is -3.09. The fraction of sp³-hybridized carbons (Fsp3) is 0.636. The van der Waals surface area contributed by atoms with Gasteiger partial charge in [0, 0.05) is 6.20 Å². The highest BCUT2D eigenvalue weighted by molar-refractivity contribution is 7.91. The van der Waals surface area contributed by atoms with Gasteiger partial charge in [-0.3, -0.25) is 4.68 Å². The molecule has 0 saturated carbocycles. The lowest BCUT2D eigenvalue weighted by Gasteiger charge is -2.07. The zero-order chi connectivity index (χ0) is 13.8. The van der Waals surface area contributed by atoms with Crippen LogP contribution in [-0.4, -0.2) is 41.8 Å². The molecule has 1 heterocycles. The van der Waals surface area contributed by atoms with Gasteiger partial charge in [-0.25, -0.2) is 13.2 Å². The topological polar surface area (TPSA) is 78.3 Å². The first kappa shape index (κ1) is 14.7. The van der Waals surface area contributed by atoms with Crippen LogP contribution in [0, 0.1) is 0 Å². The molecule has 0 unspecified atom stereocenters. The molecule has 6 nitrogen and oxygen atoms in total. The molecular weight excluding hydrogens is 256 g/mol. The summed E-state index contributed by atoms with van der Waals surface area (Å²) in [6, 6.07) is 0. The van der Waals surface area contributed by atoms with Crippen LogP contribution >= 0.6 is 0 Å². The summed E-state index contributed by atoms with van der Waals surface area (Å²) in [4.78, 5) is 11.4. The van der Waals surface area contributed by atoms with E-state index in [9.17, 15) is 13.2 Å². The predicted octanol–water partition coefficient (Wildman–Crippen LogP) is 0.883. The zero-order valence-corrected chi connectivity index (χ0v) is 11.6. The molecule has 0 N–H and O–H groups in total. The molecule has 0 atom stereocenters. The van der Waals surface area contributed by atoms with Crippen molar-refractivity contribution >= 4 is 15.8 Å². The maximum absolute atomic E-state index is 11.6. The van der Waals surface area contributed by atoms with E-state index in [1.54, 1.807) is 20.8 Å². The van der Waals surface area contributed by atoms with Gasteiger partial charge in [0.05, 0.1) is 35.9 Å². The number of sulfone groups is 1. The van der Waals surface area contributed by atoms with Crippen LogP contribution in [0.4, 0.5) is 0 Å². The lowest BCUT2D eigenvalue weighted by Crippen LogP contribution is -2.21. The van der Waals surface area contributed by atoms with E-state index in [0.717, 1.165) is 0 Å². The highest BCUT2D eigenvalue weighted by Gasteiger charge is 2.16. The number of aromatic nitrogens is 2. The van der Waals surface area contributed by atoms with E-state index < -0.39 is 21.1 Å². The Kier molecular flexibility index (Phi) is 4.89. The molecule has 1 aromatic heterocycles. The summed E-state index contributed by atoms with van der Waals surface area (Å²) in [5.74, 6) is -0.440. The van der Waals surface area contributed by atoms with Crippen molar-refractivity contribution in [2.45, 2.75) is 32.6 Å². The molecule has 7 heteroatoms. The lowest BCUT2D eigenvalue weighted by atomic mass is 10.4. The average molecular weight is 274 g/mol. The minimum Gasteiger partial charge on any atom is -0.462 e. The van der Waals surface area contributed by atoms with Gasteiger partial charge >= 0.3 is 5.97 Å². The van der Waals surface area contributed by atoms with Crippen LogP contribution in [0.2, 0.25) is 0 Å². The van der Waals surface area contributed by atoms with Crippen LogP contribution in [0.25, 0.3) is 0 Å². The summed E-state index contributed by atoms with van der Waals surface area (Å²) in [5.41, 5.74) is 0.332. The molecule has 0 radical (unpaired) electrons. The second-order valence-electron chi connectivity index (χ2n) is 4.13. The SMILES string of the molecule is CCOC(=O)c1cnn(CCS(=O)(=O)C(C)C)c1. The minimum absolute atomic E-state index is 0.00854. The average Bonchev–Trinajstić information content (AvgIpc) is 2.75. The standard InChI is InChI=1S/C11H18N2O4S/c1-4-17-11(14)10-7-12-13(8-10)5-6-18(15,16)9(2)3/h7-9H,4-6H2,1-3H3. The molecule has 1 rings (SSSR count). The van der Waals surface area contributed by atoms with E-state index in [-0.39, 0.29) is 12.3 Å². The van der Waals surface area contributed by atoms with E-state index in [4.69, 9.17) is 4.74 Å². The summed E-state index contributed by atoms with van der Waals surface area (Å²) in [7, 11) is -3.09. The van der Waals surface area contributed by atoms with Crippen molar-refractivity contribution in [3.63, 3.8) is 0 Å². The summed E-state index contributed by atoms with van der Waals surface area (Å²) >= 11 is 0. The van der Waals surface area contributed by atoms with Crippen molar-refractivity contribution in [2.24, 2.45) is 0 Å². The van der Waals surface area contributed by atoms with Gasteiger partial charge in [0.15, 0.2) is 9.84 Å². The van der Waals surface area contributed by atoms with Crippen LogP contribution in [0.3, 0.4) is 0 Å². The van der Waals surface area contributed by atoms with Crippen LogP contribution in [-0.2, 0) is 21.1 Å². The third-order valence-corrected chi connectivity index (χ3v) is 4.66. The van der Waals surface area contributed by atoms with Crippen LogP contribution < -0.4 is 0 Å². The number of hydrogen-bond acceptors (Lipinski definition) is 5. The number of carbonyl (C=O) groups excluding carboxylic acids is 1. The summed E-state index contributed by atoms with van der Waals surface area (Å²) in [6.07, 6.45) is 2.87. The van der Waals surface area contributed by atoms with Gasteiger partial charge in [-0.15, -0.1) is 0 Å². The molecule has 0 fully saturated rings. The molecule has 0 amide bonds. The van der Waals surface area contributed by atoms with Crippen LogP contribution in [0.5, 0.6) is 0 Å². The molecule has 0 spiro atoms. The first-order chi connectivity index (χ1) is 8.36. The van der Waals surface area contributed by atoms with Gasteiger partial charge in [0.25, 0.3) is 0 Å². The number of nitrogens with zero attached hydrogens (tertiary/aromatic N) is 2. The number of hydrogen-bond donors (Lipinski definition) is 0. The Bertz CT molecular complexity index is 505. The van der Waals surface area contributed by atoms with Crippen molar-refractivity contribution < 1.29 is 17.9 Å². The molecular formula is C11H18N2O4S. The molecule has 18 heavy (non-hydrogen) atoms. The molecule has 0 aliphatic carbocycles. The lowest BCUT2D eigenvalue weighted by molar-refractivity contribution is 0.0526. The van der Waals surface area contributed by atoms with Gasteiger partial charge < -0.3 is 4.74 Å². The molecule has 0 aliphatic rings. The molecule has 102 valence electrons. The van der Waals surface area contributed by atoms with E-state index in [1.807, 2.05) is 0 Å². The van der Waals surface area contributed by atoms with Gasteiger partial charge in [0.1, 0.15) is 0 Å². The Morgan fingerprint density at radius 3 is 2.72 bits per heavy atom. The molecule has 0 saturated heterocycles. The third-order valence-electron chi connectivity index (χ3n) is 2.47. The Labute approximate surface area is 107 Å². The number of rotatable bonds is 6. The number of ether oxygens (including phenoxy) is 1. The Hall–Kier alpha value is -1.37. The van der Waals surface area contributed by atoms with Gasteiger partial charge in [-0.2, -0.15) is 5.10 Å². The largest absolute Gasteiger partial charge is 0.462 e. The summed E-state index contributed by atoms with van der Waals surface area (Å²) < 4.78 is 29.5. The predicted molar refractivity (Wildman–Crippen MR) is 67.1 cm³/mol. The number of esters is 1. The van der Waals surface area contributed by atoms with E-state index in [1.165, 1.54) is 17.1 Å². The fourth-order valence-corrected chi connectivity index (χ4v) is 2.18. The van der Waals surface area contributed by atoms with Crippen molar-refractivity contribution in [3.8, 4) is 0 Å². The number of carbonyl (C=O) groups is 1. The fourth-order valence-electron chi connectivity index (χ4n) is 1.26. The smallest absolute Gasteiger partial charge is 0.341 e. The van der Waals surface area contributed by atoms with Crippen molar-refractivity contribution in [1.29, 1.82) is 0 Å². The van der Waals surface area contributed by atoms with Crippen LogP contribution in [0.1, 0.15) is 31.1 Å². The molecule has 0 aromatic carbocycles. The van der Waals surface area contributed by atoms with Gasteiger partial charge in [0.2, 0.25) is 0 Å². The molecule has 1 aromatic rings. The maximum Gasteiger partial charge on any atom is 0.341 e. The molecule has 0 bridgehead atoms. The first-order valence-electron chi connectivity index (χ1n) is 5.78. The maximum atomic E-state index is 11.6. The Morgan fingerprint density at radius 1 is 1.50 bits per heavy atom. The molecule has 0 aliphatic heterocycles. The third kappa shape index (κ3) is 3.83. The first-order valence-corrected chi connectivity index (χ1v) is 7.49. The zero-order valence-electron chi connectivity index (χ0n) is 10.8. The van der Waals surface area contributed by atoms with Gasteiger partial charge in [-0.05, 0) is 20.8 Å². The van der Waals surface area contributed by atoms with Crippen molar-refractivity contribution in [3.05, 3.63) is 18.0 Å². The Morgan fingerprint density at radius 2 is 2.17 bits per heavy atom. The second-order valence-corrected chi connectivity index (χ2v) is 6.81.